The van der Waals surface area contributed by atoms with E-state index in [0.29, 0.717) is 21.7 Å². The van der Waals surface area contributed by atoms with Crippen LogP contribution in [0.3, 0.4) is 0 Å². The summed E-state index contributed by atoms with van der Waals surface area (Å²) in [5.74, 6) is 0. The van der Waals surface area contributed by atoms with Crippen LogP contribution in [0.1, 0.15) is 10.5 Å². The highest BCUT2D eigenvalue weighted by Gasteiger charge is 2.03. The summed E-state index contributed by atoms with van der Waals surface area (Å²) in [6.45, 7) is 0. The largest absolute Gasteiger partial charge is 0.350 e. The van der Waals surface area contributed by atoms with Gasteiger partial charge in [0.15, 0.2) is 6.29 Å². The average Bonchev–Trinajstić information content (AvgIpc) is 2.49. The first-order valence-electron chi connectivity index (χ1n) is 3.39. The molecule has 3 nitrogen and oxygen atoms in total. The van der Waals surface area contributed by atoms with Crippen LogP contribution in [0, 0.1) is 0 Å². The number of aldehydes is 1. The van der Waals surface area contributed by atoms with E-state index in [1.165, 1.54) is 0 Å². The van der Waals surface area contributed by atoms with Crippen molar-refractivity contribution in [2.75, 3.05) is 0 Å². The lowest BCUT2D eigenvalue weighted by Gasteiger charge is -1.89. The molecule has 60 valence electrons. The molecule has 2 aromatic rings. The van der Waals surface area contributed by atoms with Gasteiger partial charge in [0.05, 0.1) is 21.7 Å². The minimum Gasteiger partial charge on any atom is -0.350 e. The van der Waals surface area contributed by atoms with E-state index in [4.69, 9.17) is 11.6 Å². The van der Waals surface area contributed by atoms with Gasteiger partial charge >= 0.3 is 0 Å². The van der Waals surface area contributed by atoms with Gasteiger partial charge < -0.3 is 4.98 Å². The lowest BCUT2D eigenvalue weighted by Crippen LogP contribution is -1.76. The summed E-state index contributed by atoms with van der Waals surface area (Å²) in [6, 6.07) is 3.34. The molecule has 0 aromatic carbocycles. The van der Waals surface area contributed by atoms with E-state index >= 15 is 0 Å². The maximum atomic E-state index is 10.4. The zero-order valence-corrected chi connectivity index (χ0v) is 6.80. The van der Waals surface area contributed by atoms with Gasteiger partial charge in [0, 0.05) is 6.20 Å². The molecular formula is C8H5ClN2O. The Hall–Kier alpha value is -1.35. The highest BCUT2D eigenvalue weighted by atomic mass is 35.5. The number of aromatic amines is 1. The minimum atomic E-state index is 0.491. The van der Waals surface area contributed by atoms with Crippen LogP contribution in [0.25, 0.3) is 11.0 Å². The van der Waals surface area contributed by atoms with Crippen molar-refractivity contribution in [2.45, 2.75) is 0 Å². The summed E-state index contributed by atoms with van der Waals surface area (Å²) < 4.78 is 0. The molecule has 0 saturated heterocycles. The highest BCUT2D eigenvalue weighted by Crippen LogP contribution is 2.20. The number of halogens is 1. The molecule has 2 heterocycles. The molecule has 4 heteroatoms. The normalized spacial score (nSPS) is 10.4. The predicted octanol–water partition coefficient (Wildman–Crippen LogP) is 2.03. The Labute approximate surface area is 73.4 Å². The molecule has 0 spiro atoms. The van der Waals surface area contributed by atoms with Crippen molar-refractivity contribution in [3.8, 4) is 0 Å². The minimum absolute atomic E-state index is 0.491. The van der Waals surface area contributed by atoms with Crippen LogP contribution in [0.15, 0.2) is 18.3 Å². The van der Waals surface area contributed by atoms with E-state index in [1.54, 1.807) is 18.3 Å². The molecule has 0 radical (unpaired) electrons. The number of rotatable bonds is 1. The van der Waals surface area contributed by atoms with Crippen molar-refractivity contribution in [1.82, 2.24) is 9.97 Å². The molecule has 0 unspecified atom stereocenters. The van der Waals surface area contributed by atoms with Crippen molar-refractivity contribution < 1.29 is 4.79 Å². The molecule has 0 saturated carbocycles. The first-order valence-corrected chi connectivity index (χ1v) is 3.77. The Morgan fingerprint density at radius 1 is 1.58 bits per heavy atom. The number of nitrogens with one attached hydrogen (secondary N) is 1. The van der Waals surface area contributed by atoms with E-state index in [1.807, 2.05) is 0 Å². The number of hydrogen-bond donors (Lipinski definition) is 1. The lowest BCUT2D eigenvalue weighted by atomic mass is 10.4. The van der Waals surface area contributed by atoms with E-state index < -0.39 is 0 Å². The SMILES string of the molecule is O=Cc1cc2nccc(Cl)c2[nH]1. The molecule has 0 atom stereocenters. The van der Waals surface area contributed by atoms with Crippen LogP contribution in [0.4, 0.5) is 0 Å². The second-order valence-electron chi connectivity index (χ2n) is 2.40. The number of fused-ring (bicyclic) bond motifs is 1. The summed E-state index contributed by atoms with van der Waals surface area (Å²) in [5, 5.41) is 0.577. The lowest BCUT2D eigenvalue weighted by molar-refractivity contribution is 0.112. The van der Waals surface area contributed by atoms with Crippen LogP contribution in [-0.2, 0) is 0 Å². The molecule has 0 aliphatic carbocycles. The molecule has 2 rings (SSSR count). The first kappa shape index (κ1) is 7.31. The molecule has 0 aliphatic rings. The maximum Gasteiger partial charge on any atom is 0.166 e. The average molecular weight is 181 g/mol. The Morgan fingerprint density at radius 2 is 2.42 bits per heavy atom. The summed E-state index contributed by atoms with van der Waals surface area (Å²) >= 11 is 5.84. The Morgan fingerprint density at radius 3 is 3.08 bits per heavy atom. The smallest absolute Gasteiger partial charge is 0.166 e. The highest BCUT2D eigenvalue weighted by molar-refractivity contribution is 6.34. The van der Waals surface area contributed by atoms with Gasteiger partial charge in [-0.1, -0.05) is 11.6 Å². The summed E-state index contributed by atoms with van der Waals surface area (Å²) in [7, 11) is 0. The maximum absolute atomic E-state index is 10.4. The predicted molar refractivity (Wildman–Crippen MR) is 46.5 cm³/mol. The quantitative estimate of drug-likeness (QED) is 0.683. The number of nitrogens with zero attached hydrogens (tertiary/aromatic N) is 1. The molecule has 0 fully saturated rings. The van der Waals surface area contributed by atoms with Gasteiger partial charge in [-0.3, -0.25) is 9.78 Å². The van der Waals surface area contributed by atoms with E-state index in [2.05, 4.69) is 9.97 Å². The second kappa shape index (κ2) is 2.60. The molecular weight excluding hydrogens is 176 g/mol. The van der Waals surface area contributed by atoms with Crippen molar-refractivity contribution in [1.29, 1.82) is 0 Å². The number of carbonyl (C=O) groups excluding carboxylic acids is 1. The number of pyridine rings is 1. The van der Waals surface area contributed by atoms with Gasteiger partial charge in [-0.2, -0.15) is 0 Å². The van der Waals surface area contributed by atoms with Gasteiger partial charge in [0.1, 0.15) is 0 Å². The van der Waals surface area contributed by atoms with Gasteiger partial charge in [0.25, 0.3) is 0 Å². The second-order valence-corrected chi connectivity index (χ2v) is 2.80. The third kappa shape index (κ3) is 0.987. The first-order chi connectivity index (χ1) is 5.81. The third-order valence-corrected chi connectivity index (χ3v) is 1.93. The number of carbonyl (C=O) groups is 1. The summed E-state index contributed by atoms with van der Waals surface area (Å²) in [4.78, 5) is 17.3. The van der Waals surface area contributed by atoms with Crippen LogP contribution < -0.4 is 0 Å². The van der Waals surface area contributed by atoms with Gasteiger partial charge in [-0.15, -0.1) is 0 Å². The Kier molecular flexibility index (Phi) is 1.59. The summed E-state index contributed by atoms with van der Waals surface area (Å²) in [5.41, 5.74) is 1.91. The monoisotopic (exact) mass is 180 g/mol. The number of hydrogen-bond acceptors (Lipinski definition) is 2. The number of aromatic nitrogens is 2. The van der Waals surface area contributed by atoms with E-state index in [9.17, 15) is 4.79 Å². The van der Waals surface area contributed by atoms with Crippen LogP contribution >= 0.6 is 11.6 Å². The Balaban J connectivity index is 2.82. The fraction of sp³-hybridized carbons (Fsp3) is 0. The van der Waals surface area contributed by atoms with Crippen molar-refractivity contribution in [3.63, 3.8) is 0 Å². The molecule has 0 amide bonds. The van der Waals surface area contributed by atoms with Crippen molar-refractivity contribution >= 4 is 28.9 Å². The third-order valence-electron chi connectivity index (χ3n) is 1.62. The van der Waals surface area contributed by atoms with Crippen molar-refractivity contribution in [3.05, 3.63) is 29.0 Å². The molecule has 1 N–H and O–H groups in total. The van der Waals surface area contributed by atoms with E-state index in [0.717, 1.165) is 6.29 Å². The van der Waals surface area contributed by atoms with Gasteiger partial charge in [-0.25, -0.2) is 0 Å². The van der Waals surface area contributed by atoms with E-state index in [-0.39, 0.29) is 0 Å². The molecule has 12 heavy (non-hydrogen) atoms. The van der Waals surface area contributed by atoms with Gasteiger partial charge in [0.2, 0.25) is 0 Å². The van der Waals surface area contributed by atoms with Gasteiger partial charge in [-0.05, 0) is 12.1 Å². The standard InChI is InChI=1S/C8H5ClN2O/c9-6-1-2-10-7-3-5(4-12)11-8(6)7/h1-4,11H. The Bertz CT molecular complexity index is 436. The van der Waals surface area contributed by atoms with Crippen LogP contribution in [0.2, 0.25) is 5.02 Å². The topological polar surface area (TPSA) is 45.8 Å². The zero-order chi connectivity index (χ0) is 8.55. The zero-order valence-electron chi connectivity index (χ0n) is 6.04. The van der Waals surface area contributed by atoms with Crippen LogP contribution in [-0.4, -0.2) is 16.3 Å². The fourth-order valence-electron chi connectivity index (χ4n) is 1.08. The molecule has 0 aliphatic heterocycles. The van der Waals surface area contributed by atoms with Crippen molar-refractivity contribution in [2.24, 2.45) is 0 Å². The fourth-order valence-corrected chi connectivity index (χ4v) is 1.28. The molecule has 0 bridgehead atoms. The number of H-pyrrole nitrogens is 1. The summed E-state index contributed by atoms with van der Waals surface area (Å²) in [6.07, 6.45) is 2.34. The molecule has 2 aromatic heterocycles. The van der Waals surface area contributed by atoms with Crippen LogP contribution in [0.5, 0.6) is 0 Å².